The molecule has 0 bridgehead atoms. The third-order valence-corrected chi connectivity index (χ3v) is 1.86. The molecule has 2 nitrogen and oxygen atoms in total. The van der Waals surface area contributed by atoms with Crippen LogP contribution in [0.4, 0.5) is 0 Å². The standard InChI is InChI=1S/C11H20N2/c1-10(2,3)13-9-6-7-12-11(4,5)8-9/h6-7,13H,8H2,1-5H3. The number of rotatable bonds is 1. The first-order valence-electron chi connectivity index (χ1n) is 4.81. The van der Waals surface area contributed by atoms with E-state index in [0.717, 1.165) is 6.42 Å². The molecule has 1 aliphatic heterocycles. The van der Waals surface area contributed by atoms with Crippen molar-refractivity contribution in [2.75, 3.05) is 0 Å². The Kier molecular flexibility index (Phi) is 2.51. The van der Waals surface area contributed by atoms with E-state index < -0.39 is 0 Å². The second kappa shape index (κ2) is 3.17. The highest BCUT2D eigenvalue weighted by Gasteiger charge is 2.22. The highest BCUT2D eigenvalue weighted by molar-refractivity contribution is 5.73. The number of nitrogens with one attached hydrogen (secondary N) is 1. The van der Waals surface area contributed by atoms with Crippen LogP contribution >= 0.6 is 0 Å². The quantitative estimate of drug-likeness (QED) is 0.659. The highest BCUT2D eigenvalue weighted by Crippen LogP contribution is 2.22. The van der Waals surface area contributed by atoms with Crippen molar-refractivity contribution >= 4 is 6.21 Å². The summed E-state index contributed by atoms with van der Waals surface area (Å²) in [6.07, 6.45) is 4.97. The Bertz CT molecular complexity index is 241. The van der Waals surface area contributed by atoms with Gasteiger partial charge in [-0.25, -0.2) is 0 Å². The van der Waals surface area contributed by atoms with Gasteiger partial charge in [-0.2, -0.15) is 0 Å². The zero-order chi connectivity index (χ0) is 10.1. The third-order valence-electron chi connectivity index (χ3n) is 1.86. The zero-order valence-electron chi connectivity index (χ0n) is 9.31. The predicted octanol–water partition coefficient (Wildman–Crippen LogP) is 2.51. The Morgan fingerprint density at radius 3 is 2.46 bits per heavy atom. The van der Waals surface area contributed by atoms with E-state index in [9.17, 15) is 0 Å². The number of dihydropyridines is 1. The van der Waals surface area contributed by atoms with Crippen molar-refractivity contribution in [3.8, 4) is 0 Å². The zero-order valence-corrected chi connectivity index (χ0v) is 9.31. The maximum atomic E-state index is 4.40. The van der Waals surface area contributed by atoms with Crippen molar-refractivity contribution < 1.29 is 0 Å². The van der Waals surface area contributed by atoms with Gasteiger partial charge in [0.2, 0.25) is 0 Å². The van der Waals surface area contributed by atoms with Crippen molar-refractivity contribution in [2.24, 2.45) is 4.99 Å². The van der Waals surface area contributed by atoms with Crippen LogP contribution in [-0.2, 0) is 0 Å². The molecule has 0 atom stereocenters. The molecule has 1 rings (SSSR count). The molecule has 0 saturated heterocycles. The number of hydrogen-bond donors (Lipinski definition) is 1. The summed E-state index contributed by atoms with van der Waals surface area (Å²) >= 11 is 0. The van der Waals surface area contributed by atoms with E-state index in [1.807, 2.05) is 6.21 Å². The molecule has 2 heteroatoms. The Morgan fingerprint density at radius 1 is 1.38 bits per heavy atom. The summed E-state index contributed by atoms with van der Waals surface area (Å²) in [5.41, 5.74) is 1.49. The SMILES string of the molecule is CC1(C)CC(NC(C)(C)C)=CC=N1. The van der Waals surface area contributed by atoms with Crippen LogP contribution in [0.15, 0.2) is 16.8 Å². The molecule has 13 heavy (non-hydrogen) atoms. The fourth-order valence-electron chi connectivity index (χ4n) is 1.47. The van der Waals surface area contributed by atoms with Gasteiger partial charge in [-0.15, -0.1) is 0 Å². The van der Waals surface area contributed by atoms with Crippen LogP contribution in [-0.4, -0.2) is 17.3 Å². The molecule has 0 saturated carbocycles. The first-order chi connectivity index (χ1) is 5.79. The van der Waals surface area contributed by atoms with Crippen LogP contribution in [0.2, 0.25) is 0 Å². The fraction of sp³-hybridized carbons (Fsp3) is 0.727. The maximum Gasteiger partial charge on any atom is 0.0606 e. The van der Waals surface area contributed by atoms with Crippen LogP contribution in [0.3, 0.4) is 0 Å². The third kappa shape index (κ3) is 3.62. The Labute approximate surface area is 81.1 Å². The molecule has 1 aliphatic rings. The molecular weight excluding hydrogens is 160 g/mol. The van der Waals surface area contributed by atoms with Crippen LogP contribution < -0.4 is 5.32 Å². The van der Waals surface area contributed by atoms with Crippen LogP contribution in [0, 0.1) is 0 Å². The van der Waals surface area contributed by atoms with E-state index in [0.29, 0.717) is 0 Å². The summed E-state index contributed by atoms with van der Waals surface area (Å²) in [6, 6.07) is 0. The summed E-state index contributed by atoms with van der Waals surface area (Å²) in [4.78, 5) is 4.40. The van der Waals surface area contributed by atoms with Crippen molar-refractivity contribution in [3.05, 3.63) is 11.8 Å². The van der Waals surface area contributed by atoms with E-state index in [1.165, 1.54) is 5.70 Å². The van der Waals surface area contributed by atoms with Gasteiger partial charge in [0.25, 0.3) is 0 Å². The number of aliphatic imine (C=N–C) groups is 1. The summed E-state index contributed by atoms with van der Waals surface area (Å²) < 4.78 is 0. The van der Waals surface area contributed by atoms with E-state index in [2.05, 4.69) is 51.0 Å². The largest absolute Gasteiger partial charge is 0.384 e. The lowest BCUT2D eigenvalue weighted by Gasteiger charge is -2.30. The molecule has 0 aromatic carbocycles. The average molecular weight is 180 g/mol. The number of allylic oxidation sites excluding steroid dienone is 1. The molecule has 0 aromatic heterocycles. The first kappa shape index (κ1) is 10.3. The van der Waals surface area contributed by atoms with Gasteiger partial charge in [0.05, 0.1) is 5.54 Å². The molecule has 1 heterocycles. The van der Waals surface area contributed by atoms with Gasteiger partial charge >= 0.3 is 0 Å². The van der Waals surface area contributed by atoms with Crippen molar-refractivity contribution in [2.45, 2.75) is 52.1 Å². The monoisotopic (exact) mass is 180 g/mol. The molecule has 0 spiro atoms. The van der Waals surface area contributed by atoms with Gasteiger partial charge in [0, 0.05) is 23.9 Å². The van der Waals surface area contributed by atoms with Gasteiger partial charge in [-0.05, 0) is 40.7 Å². The van der Waals surface area contributed by atoms with Crippen LogP contribution in [0.1, 0.15) is 41.0 Å². The van der Waals surface area contributed by atoms with Gasteiger partial charge in [-0.3, -0.25) is 4.99 Å². The average Bonchev–Trinajstić information content (AvgIpc) is 1.79. The number of nitrogens with zero attached hydrogens (tertiary/aromatic N) is 1. The summed E-state index contributed by atoms with van der Waals surface area (Å²) in [5.74, 6) is 0. The van der Waals surface area contributed by atoms with E-state index in [4.69, 9.17) is 0 Å². The van der Waals surface area contributed by atoms with Crippen LogP contribution in [0.25, 0.3) is 0 Å². The summed E-state index contributed by atoms with van der Waals surface area (Å²) in [7, 11) is 0. The molecular formula is C11H20N2. The number of hydrogen-bond acceptors (Lipinski definition) is 2. The first-order valence-corrected chi connectivity index (χ1v) is 4.81. The topological polar surface area (TPSA) is 24.4 Å². The van der Waals surface area contributed by atoms with Gasteiger partial charge < -0.3 is 5.32 Å². The van der Waals surface area contributed by atoms with Gasteiger partial charge in [0.1, 0.15) is 0 Å². The van der Waals surface area contributed by atoms with E-state index >= 15 is 0 Å². The minimum absolute atomic E-state index is 0.0579. The lowest BCUT2D eigenvalue weighted by atomic mass is 9.95. The summed E-state index contributed by atoms with van der Waals surface area (Å²) in [6.45, 7) is 10.8. The Hall–Kier alpha value is -0.790. The molecule has 1 N–H and O–H groups in total. The second-order valence-corrected chi connectivity index (χ2v) is 5.33. The highest BCUT2D eigenvalue weighted by atomic mass is 15.0. The summed E-state index contributed by atoms with van der Waals surface area (Å²) in [5, 5.41) is 3.48. The predicted molar refractivity (Wildman–Crippen MR) is 58.2 cm³/mol. The Balaban J connectivity index is 2.64. The fourth-order valence-corrected chi connectivity index (χ4v) is 1.47. The molecule has 0 unspecified atom stereocenters. The van der Waals surface area contributed by atoms with Crippen molar-refractivity contribution in [1.82, 2.24) is 5.32 Å². The minimum Gasteiger partial charge on any atom is -0.384 e. The Morgan fingerprint density at radius 2 is 2.00 bits per heavy atom. The minimum atomic E-state index is 0.0579. The smallest absolute Gasteiger partial charge is 0.0606 e. The van der Waals surface area contributed by atoms with Gasteiger partial charge in [0.15, 0.2) is 0 Å². The molecule has 74 valence electrons. The second-order valence-electron chi connectivity index (χ2n) is 5.33. The van der Waals surface area contributed by atoms with Crippen molar-refractivity contribution in [3.63, 3.8) is 0 Å². The van der Waals surface area contributed by atoms with Crippen molar-refractivity contribution in [1.29, 1.82) is 0 Å². The van der Waals surface area contributed by atoms with Gasteiger partial charge in [-0.1, -0.05) is 0 Å². The lowest BCUT2D eigenvalue weighted by molar-refractivity contribution is 0.425. The van der Waals surface area contributed by atoms with E-state index in [1.54, 1.807) is 0 Å². The normalized spacial score (nSPS) is 21.2. The molecule has 0 amide bonds. The van der Waals surface area contributed by atoms with Crippen LogP contribution in [0.5, 0.6) is 0 Å². The molecule has 0 fully saturated rings. The molecule has 0 aliphatic carbocycles. The molecule has 0 radical (unpaired) electrons. The van der Waals surface area contributed by atoms with E-state index in [-0.39, 0.29) is 11.1 Å². The lowest BCUT2D eigenvalue weighted by Crippen LogP contribution is -2.38. The maximum absolute atomic E-state index is 4.40. The molecule has 0 aromatic rings.